The van der Waals surface area contributed by atoms with Crippen LogP contribution in [0.1, 0.15) is 13.8 Å². The van der Waals surface area contributed by atoms with Gasteiger partial charge in [-0.3, -0.25) is 4.98 Å². The molecule has 1 rings (SSSR count). The van der Waals surface area contributed by atoms with Gasteiger partial charge in [-0.25, -0.2) is 4.79 Å². The Hall–Kier alpha value is -1.67. The van der Waals surface area contributed by atoms with Crippen LogP contribution in [0.25, 0.3) is 0 Å². The van der Waals surface area contributed by atoms with Crippen molar-refractivity contribution in [2.45, 2.75) is 19.9 Å². The number of pyridine rings is 1. The lowest BCUT2D eigenvalue weighted by Crippen LogP contribution is -2.25. The van der Waals surface area contributed by atoms with Crippen molar-refractivity contribution in [3.8, 4) is 0 Å². The monoisotopic (exact) mass is 191 g/mol. The summed E-state index contributed by atoms with van der Waals surface area (Å²) in [6, 6.07) is 2.19. The molecule has 0 radical (unpaired) electrons. The van der Waals surface area contributed by atoms with Crippen molar-refractivity contribution in [2.24, 2.45) is 4.99 Å². The van der Waals surface area contributed by atoms with Crippen molar-refractivity contribution >= 4 is 17.5 Å². The lowest BCUT2D eigenvalue weighted by molar-refractivity contribution is 0.565. The molecule has 0 unspecified atom stereocenters. The smallest absolute Gasteiger partial charge is 0.240 e. The molecule has 0 aliphatic rings. The molecule has 0 saturated carbocycles. The minimum absolute atomic E-state index is 0.382. The molecule has 0 aliphatic heterocycles. The Morgan fingerprint density at radius 1 is 1.50 bits per heavy atom. The molecule has 1 aromatic rings. The van der Waals surface area contributed by atoms with E-state index in [0.29, 0.717) is 11.7 Å². The SMILES string of the molecule is CC(C)N(C)c1cncc(N=C=O)c1. The Bertz CT molecular complexity index is 356. The van der Waals surface area contributed by atoms with E-state index < -0.39 is 0 Å². The standard InChI is InChI=1S/C10H13N3O/c1-8(2)13(3)10-4-9(12-7-14)5-11-6-10/h4-6,8H,1-3H3. The second-order valence-electron chi connectivity index (χ2n) is 3.31. The van der Waals surface area contributed by atoms with Crippen molar-refractivity contribution < 1.29 is 4.79 Å². The van der Waals surface area contributed by atoms with Crippen LogP contribution in [0.2, 0.25) is 0 Å². The molecule has 1 aromatic heterocycles. The maximum Gasteiger partial charge on any atom is 0.240 e. The summed E-state index contributed by atoms with van der Waals surface area (Å²) in [4.78, 5) is 19.6. The number of hydrogen-bond donors (Lipinski definition) is 0. The van der Waals surface area contributed by atoms with Crippen LogP contribution in [0.4, 0.5) is 11.4 Å². The van der Waals surface area contributed by atoms with E-state index in [1.165, 1.54) is 12.3 Å². The van der Waals surface area contributed by atoms with Crippen LogP contribution < -0.4 is 4.90 Å². The molecule has 0 fully saturated rings. The highest BCUT2D eigenvalue weighted by molar-refractivity contribution is 5.56. The minimum atomic E-state index is 0.382. The van der Waals surface area contributed by atoms with Gasteiger partial charge in [-0.2, -0.15) is 4.99 Å². The first-order valence-corrected chi connectivity index (χ1v) is 4.41. The zero-order chi connectivity index (χ0) is 10.6. The summed E-state index contributed by atoms with van der Waals surface area (Å²) in [7, 11) is 1.97. The van der Waals surface area contributed by atoms with Crippen molar-refractivity contribution in [3.05, 3.63) is 18.5 Å². The quantitative estimate of drug-likeness (QED) is 0.541. The second-order valence-corrected chi connectivity index (χ2v) is 3.31. The topological polar surface area (TPSA) is 45.6 Å². The molecule has 14 heavy (non-hydrogen) atoms. The van der Waals surface area contributed by atoms with Crippen LogP contribution in [0.5, 0.6) is 0 Å². The van der Waals surface area contributed by atoms with Crippen molar-refractivity contribution in [1.29, 1.82) is 0 Å². The molecule has 0 bridgehead atoms. The number of carbonyl (C=O) groups excluding carboxylic acids is 1. The van der Waals surface area contributed by atoms with Crippen LogP contribution in [-0.4, -0.2) is 24.2 Å². The number of nitrogens with zero attached hydrogens (tertiary/aromatic N) is 3. The zero-order valence-electron chi connectivity index (χ0n) is 8.56. The summed E-state index contributed by atoms with van der Waals surface area (Å²) in [5.41, 5.74) is 1.47. The molecule has 0 amide bonds. The summed E-state index contributed by atoms with van der Waals surface area (Å²) in [5, 5.41) is 0. The highest BCUT2D eigenvalue weighted by atomic mass is 16.1. The number of aromatic nitrogens is 1. The molecule has 1 heterocycles. The van der Waals surface area contributed by atoms with Gasteiger partial charge in [-0.15, -0.1) is 0 Å². The first-order chi connectivity index (χ1) is 6.65. The summed E-state index contributed by atoms with van der Waals surface area (Å²) < 4.78 is 0. The highest BCUT2D eigenvalue weighted by Crippen LogP contribution is 2.19. The van der Waals surface area contributed by atoms with E-state index in [4.69, 9.17) is 0 Å². The number of rotatable bonds is 3. The third-order valence-corrected chi connectivity index (χ3v) is 2.07. The summed E-state index contributed by atoms with van der Waals surface area (Å²) in [5.74, 6) is 0. The molecule has 74 valence electrons. The van der Waals surface area contributed by atoms with Gasteiger partial charge in [0.25, 0.3) is 0 Å². The van der Waals surface area contributed by atoms with Gasteiger partial charge in [0, 0.05) is 13.1 Å². The van der Waals surface area contributed by atoms with Gasteiger partial charge in [-0.1, -0.05) is 0 Å². The first-order valence-electron chi connectivity index (χ1n) is 4.41. The Balaban J connectivity index is 2.99. The molecular weight excluding hydrogens is 178 g/mol. The predicted molar refractivity (Wildman–Crippen MR) is 55.6 cm³/mol. The van der Waals surface area contributed by atoms with Crippen molar-refractivity contribution in [2.75, 3.05) is 11.9 Å². The summed E-state index contributed by atoms with van der Waals surface area (Å²) >= 11 is 0. The van der Waals surface area contributed by atoms with Gasteiger partial charge < -0.3 is 4.90 Å². The number of isocyanates is 1. The average Bonchev–Trinajstić information content (AvgIpc) is 2.17. The largest absolute Gasteiger partial charge is 0.371 e. The van der Waals surface area contributed by atoms with Crippen LogP contribution in [-0.2, 0) is 4.79 Å². The maximum atomic E-state index is 10.1. The third-order valence-electron chi connectivity index (χ3n) is 2.07. The van der Waals surface area contributed by atoms with E-state index in [-0.39, 0.29) is 0 Å². The lowest BCUT2D eigenvalue weighted by Gasteiger charge is -2.23. The fourth-order valence-corrected chi connectivity index (χ4v) is 1.02. The van der Waals surface area contributed by atoms with E-state index in [1.807, 2.05) is 7.05 Å². The molecule has 0 N–H and O–H groups in total. The average molecular weight is 191 g/mol. The minimum Gasteiger partial charge on any atom is -0.371 e. The first kappa shape index (κ1) is 10.4. The zero-order valence-corrected chi connectivity index (χ0v) is 8.56. The third kappa shape index (κ3) is 2.41. The van der Waals surface area contributed by atoms with Gasteiger partial charge >= 0.3 is 0 Å². The number of hydrogen-bond acceptors (Lipinski definition) is 4. The number of aliphatic imine (C=N–C) groups is 1. The molecular formula is C10H13N3O. The van der Waals surface area contributed by atoms with Gasteiger partial charge in [-0.05, 0) is 19.9 Å². The molecule has 0 aliphatic carbocycles. The Morgan fingerprint density at radius 3 is 2.79 bits per heavy atom. The van der Waals surface area contributed by atoms with Crippen LogP contribution >= 0.6 is 0 Å². The fourth-order valence-electron chi connectivity index (χ4n) is 1.02. The van der Waals surface area contributed by atoms with Gasteiger partial charge in [0.05, 0.1) is 23.8 Å². The van der Waals surface area contributed by atoms with Crippen LogP contribution in [0.3, 0.4) is 0 Å². The molecule has 4 heteroatoms. The van der Waals surface area contributed by atoms with Crippen LogP contribution in [0, 0.1) is 0 Å². The van der Waals surface area contributed by atoms with Gasteiger partial charge in [0.2, 0.25) is 6.08 Å². The van der Waals surface area contributed by atoms with Crippen molar-refractivity contribution in [1.82, 2.24) is 4.98 Å². The highest BCUT2D eigenvalue weighted by Gasteiger charge is 2.05. The summed E-state index contributed by atoms with van der Waals surface area (Å²) in [6.07, 6.45) is 4.77. The molecule has 0 atom stereocenters. The Morgan fingerprint density at radius 2 is 2.21 bits per heavy atom. The van der Waals surface area contributed by atoms with E-state index in [1.54, 1.807) is 12.3 Å². The van der Waals surface area contributed by atoms with Crippen molar-refractivity contribution in [3.63, 3.8) is 0 Å². The van der Waals surface area contributed by atoms with E-state index >= 15 is 0 Å². The van der Waals surface area contributed by atoms with E-state index in [9.17, 15) is 4.79 Å². The lowest BCUT2D eigenvalue weighted by atomic mass is 10.3. The summed E-state index contributed by atoms with van der Waals surface area (Å²) in [6.45, 7) is 4.16. The van der Waals surface area contributed by atoms with Crippen LogP contribution in [0.15, 0.2) is 23.5 Å². The predicted octanol–water partition coefficient (Wildman–Crippen LogP) is 1.89. The molecule has 0 spiro atoms. The van der Waals surface area contributed by atoms with Gasteiger partial charge in [0.15, 0.2) is 0 Å². The van der Waals surface area contributed by atoms with Gasteiger partial charge in [0.1, 0.15) is 0 Å². The normalized spacial score (nSPS) is 9.71. The number of anilines is 1. The maximum absolute atomic E-state index is 10.1. The molecule has 0 aromatic carbocycles. The Kier molecular flexibility index (Phi) is 3.37. The second kappa shape index (κ2) is 4.53. The molecule has 0 saturated heterocycles. The van der Waals surface area contributed by atoms with E-state index in [2.05, 4.69) is 28.7 Å². The molecule has 4 nitrogen and oxygen atoms in total. The fraction of sp³-hybridized carbons (Fsp3) is 0.400. The van der Waals surface area contributed by atoms with E-state index in [0.717, 1.165) is 5.69 Å². The Labute approximate surface area is 83.3 Å².